The summed E-state index contributed by atoms with van der Waals surface area (Å²) in [6, 6.07) is 8.61. The van der Waals surface area contributed by atoms with Crippen LogP contribution >= 0.6 is 31.9 Å². The highest BCUT2D eigenvalue weighted by atomic mass is 79.9. The van der Waals surface area contributed by atoms with Gasteiger partial charge in [0, 0.05) is 0 Å². The van der Waals surface area contributed by atoms with Gasteiger partial charge < -0.3 is 4.84 Å². The van der Waals surface area contributed by atoms with Crippen molar-refractivity contribution in [3.63, 3.8) is 0 Å². The molecule has 0 spiro atoms. The van der Waals surface area contributed by atoms with Crippen LogP contribution in [0.5, 0.6) is 0 Å². The maximum Gasteiger partial charge on any atom is 0.470 e. The number of nitrogens with zero attached hydrogens (tertiary/aromatic N) is 2. The molecule has 0 fully saturated rings. The monoisotopic (exact) mass is 386 g/mol. The van der Waals surface area contributed by atoms with Crippen LogP contribution < -0.4 is 0 Å². The van der Waals surface area contributed by atoms with Crippen molar-refractivity contribution < 1.29 is 18.0 Å². The lowest BCUT2D eigenvalue weighted by atomic mass is 10.2. The maximum atomic E-state index is 12.6. The number of halogens is 5. The van der Waals surface area contributed by atoms with Crippen LogP contribution in [0.1, 0.15) is 11.7 Å². The first-order valence-corrected chi connectivity index (χ1v) is 6.67. The number of hydrogen-bond acceptors (Lipinski definition) is 3. The second kappa shape index (κ2) is 5.18. The van der Waals surface area contributed by atoms with Crippen molar-refractivity contribution >= 4 is 37.8 Å². The summed E-state index contributed by atoms with van der Waals surface area (Å²) in [5, 5.41) is 1.08. The minimum absolute atomic E-state index is 0.584. The highest BCUT2D eigenvalue weighted by molar-refractivity contribution is 9.24. The van der Waals surface area contributed by atoms with Crippen molar-refractivity contribution in [1.82, 2.24) is 5.06 Å². The Labute approximate surface area is 118 Å². The van der Waals surface area contributed by atoms with Crippen LogP contribution in [0.15, 0.2) is 35.3 Å². The summed E-state index contributed by atoms with van der Waals surface area (Å²) in [4.78, 5) is 8.29. The van der Waals surface area contributed by atoms with E-state index in [-0.39, 0.29) is 0 Å². The number of hydroxylamine groups is 2. The third-order valence-corrected chi connectivity index (χ3v) is 3.01. The molecule has 98 valence electrons. The van der Waals surface area contributed by atoms with Crippen LogP contribution in [0.25, 0.3) is 0 Å². The molecule has 1 atom stereocenters. The van der Waals surface area contributed by atoms with E-state index in [2.05, 4.69) is 36.9 Å². The molecule has 3 nitrogen and oxygen atoms in total. The number of aliphatic imine (C=N–C) groups is 1. The van der Waals surface area contributed by atoms with Crippen molar-refractivity contribution in [2.24, 2.45) is 4.99 Å². The van der Waals surface area contributed by atoms with Gasteiger partial charge in [-0.2, -0.15) is 13.2 Å². The molecular weight excluding hydrogens is 381 g/mol. The smallest absolute Gasteiger partial charge is 0.376 e. The Kier molecular flexibility index (Phi) is 3.98. The minimum Gasteiger partial charge on any atom is -0.376 e. The maximum absolute atomic E-state index is 12.6. The van der Waals surface area contributed by atoms with Gasteiger partial charge in [-0.15, -0.1) is 0 Å². The lowest BCUT2D eigenvalue weighted by Crippen LogP contribution is -2.31. The Balaban J connectivity index is 2.33. The van der Waals surface area contributed by atoms with E-state index >= 15 is 0 Å². The van der Waals surface area contributed by atoms with E-state index in [1.54, 1.807) is 30.3 Å². The number of benzene rings is 1. The molecular formula is C10H7Br2F3N2O. The molecule has 1 aliphatic rings. The Morgan fingerprint density at radius 3 is 2.33 bits per heavy atom. The van der Waals surface area contributed by atoms with Gasteiger partial charge >= 0.3 is 12.1 Å². The zero-order chi connectivity index (χ0) is 13.3. The van der Waals surface area contributed by atoms with Crippen LogP contribution in [0.2, 0.25) is 0 Å². The fourth-order valence-electron chi connectivity index (χ4n) is 1.46. The highest BCUT2D eigenvalue weighted by Gasteiger charge is 2.47. The molecule has 0 bridgehead atoms. The Hall–Kier alpha value is -0.600. The summed E-state index contributed by atoms with van der Waals surface area (Å²) >= 11 is 6.22. The molecule has 1 heterocycles. The summed E-state index contributed by atoms with van der Waals surface area (Å²) in [5.74, 6) is -1.25. The van der Waals surface area contributed by atoms with E-state index in [9.17, 15) is 13.2 Å². The van der Waals surface area contributed by atoms with Gasteiger partial charge in [0.15, 0.2) is 10.0 Å². The molecule has 0 aromatic heterocycles. The molecule has 0 aliphatic carbocycles. The first-order chi connectivity index (χ1) is 8.39. The zero-order valence-corrected chi connectivity index (χ0v) is 11.9. The fourth-order valence-corrected chi connectivity index (χ4v) is 2.07. The van der Waals surface area contributed by atoms with Crippen LogP contribution in [0.4, 0.5) is 13.2 Å². The van der Waals surface area contributed by atoms with Gasteiger partial charge in [-0.3, -0.25) is 0 Å². The molecule has 0 N–H and O–H groups in total. The molecule has 0 amide bonds. The summed E-state index contributed by atoms with van der Waals surface area (Å²) < 4.78 is 37.1. The number of alkyl halides is 5. The van der Waals surface area contributed by atoms with E-state index in [4.69, 9.17) is 4.84 Å². The van der Waals surface area contributed by atoms with Gasteiger partial charge in [0.2, 0.25) is 0 Å². The van der Waals surface area contributed by atoms with Gasteiger partial charge in [0.1, 0.15) is 0 Å². The van der Waals surface area contributed by atoms with E-state index in [1.807, 2.05) is 0 Å². The highest BCUT2D eigenvalue weighted by Crippen LogP contribution is 2.37. The van der Waals surface area contributed by atoms with E-state index in [0.717, 1.165) is 5.06 Å². The predicted molar refractivity (Wildman–Crippen MR) is 67.2 cm³/mol. The first kappa shape index (κ1) is 13.8. The van der Waals surface area contributed by atoms with Crippen molar-refractivity contribution in [1.29, 1.82) is 0 Å². The third kappa shape index (κ3) is 2.86. The second-order valence-corrected chi connectivity index (χ2v) is 6.41. The standard InChI is InChI=1S/C10H7Br2F3N2O/c11-9(12)17-7(6-4-2-1-3-5-6)16-8(18-17)10(13,14)15/h1-5,7,9H. The number of rotatable bonds is 2. The average Bonchev–Trinajstić information content (AvgIpc) is 2.74. The normalized spacial score (nSPS) is 21.0. The third-order valence-electron chi connectivity index (χ3n) is 2.21. The topological polar surface area (TPSA) is 24.8 Å². The van der Waals surface area contributed by atoms with Crippen LogP contribution in [0, 0.1) is 0 Å². The molecule has 1 aromatic carbocycles. The van der Waals surface area contributed by atoms with Crippen molar-refractivity contribution in [3.05, 3.63) is 35.9 Å². The van der Waals surface area contributed by atoms with Crippen LogP contribution in [-0.4, -0.2) is 21.0 Å². The largest absolute Gasteiger partial charge is 0.470 e. The Morgan fingerprint density at radius 2 is 1.83 bits per heavy atom. The summed E-state index contributed by atoms with van der Waals surface area (Å²) in [6.07, 6.45) is -5.44. The SMILES string of the molecule is FC(F)(F)C1=NC(c2ccccc2)N(C(Br)Br)O1. The molecule has 1 unspecified atom stereocenters. The van der Waals surface area contributed by atoms with Gasteiger partial charge in [-0.05, 0) is 5.56 Å². The summed E-state index contributed by atoms with van der Waals surface area (Å²) in [6.45, 7) is 0. The van der Waals surface area contributed by atoms with Crippen molar-refractivity contribution in [3.8, 4) is 0 Å². The molecule has 18 heavy (non-hydrogen) atoms. The fraction of sp³-hybridized carbons (Fsp3) is 0.300. The van der Waals surface area contributed by atoms with E-state index in [0.29, 0.717) is 5.56 Å². The molecule has 0 saturated carbocycles. The first-order valence-electron chi connectivity index (χ1n) is 4.84. The van der Waals surface area contributed by atoms with E-state index in [1.165, 1.54) is 0 Å². The summed E-state index contributed by atoms with van der Waals surface area (Å²) in [5.41, 5.74) is 0.612. The molecule has 1 aliphatic heterocycles. The second-order valence-electron chi connectivity index (χ2n) is 3.45. The molecule has 1 aromatic rings. The quantitative estimate of drug-likeness (QED) is 0.566. The van der Waals surface area contributed by atoms with Crippen LogP contribution in [0.3, 0.4) is 0 Å². The van der Waals surface area contributed by atoms with Gasteiger partial charge in [0.25, 0.3) is 0 Å². The predicted octanol–water partition coefficient (Wildman–Crippen LogP) is 3.97. The van der Waals surface area contributed by atoms with Gasteiger partial charge in [-0.1, -0.05) is 67.3 Å². The average molecular weight is 388 g/mol. The van der Waals surface area contributed by atoms with Crippen LogP contribution in [-0.2, 0) is 4.84 Å². The minimum atomic E-state index is -4.60. The molecule has 2 rings (SSSR count). The molecule has 0 radical (unpaired) electrons. The molecule has 8 heteroatoms. The zero-order valence-electron chi connectivity index (χ0n) is 8.73. The van der Waals surface area contributed by atoms with Gasteiger partial charge in [-0.25, -0.2) is 4.99 Å². The lowest BCUT2D eigenvalue weighted by Gasteiger charge is -2.22. The number of hydrogen-bond donors (Lipinski definition) is 0. The van der Waals surface area contributed by atoms with Crippen molar-refractivity contribution in [2.75, 3.05) is 0 Å². The Bertz CT molecular complexity index is 450. The Morgan fingerprint density at radius 1 is 1.22 bits per heavy atom. The molecule has 0 saturated heterocycles. The summed E-state index contributed by atoms with van der Waals surface area (Å²) in [7, 11) is 0. The van der Waals surface area contributed by atoms with Crippen molar-refractivity contribution in [2.45, 2.75) is 16.2 Å². The van der Waals surface area contributed by atoms with Gasteiger partial charge in [0.05, 0.1) is 0 Å². The van der Waals surface area contributed by atoms with E-state index < -0.39 is 22.1 Å². The lowest BCUT2D eigenvalue weighted by molar-refractivity contribution is -0.127.